The van der Waals surface area contributed by atoms with Crippen molar-refractivity contribution in [3.05, 3.63) is 23.0 Å². The highest BCUT2D eigenvalue weighted by Crippen LogP contribution is 2.48. The van der Waals surface area contributed by atoms with E-state index in [1.165, 1.54) is 0 Å². The Hall–Kier alpha value is -1.07. The van der Waals surface area contributed by atoms with Crippen molar-refractivity contribution in [2.75, 3.05) is 0 Å². The zero-order valence-corrected chi connectivity index (χ0v) is 15.7. The van der Waals surface area contributed by atoms with E-state index in [4.69, 9.17) is 16.0 Å². The van der Waals surface area contributed by atoms with Gasteiger partial charge in [0.1, 0.15) is 10.4 Å². The Bertz CT molecular complexity index is 871. The first-order chi connectivity index (χ1) is 10.5. The molecule has 23 heavy (non-hydrogen) atoms. The van der Waals surface area contributed by atoms with Gasteiger partial charge in [0.25, 0.3) is 0 Å². The van der Waals surface area contributed by atoms with Gasteiger partial charge >= 0.3 is 0 Å². The molecule has 2 aromatic rings. The van der Waals surface area contributed by atoms with E-state index >= 15 is 0 Å². The molecule has 1 saturated carbocycles. The molecule has 1 aromatic heterocycles. The molecule has 0 aliphatic heterocycles. The number of hydrogen-bond acceptors (Lipinski definition) is 4. The fourth-order valence-corrected chi connectivity index (χ4v) is 6.06. The van der Waals surface area contributed by atoms with Crippen LogP contribution in [0.4, 0.5) is 0 Å². The van der Waals surface area contributed by atoms with E-state index in [1.807, 2.05) is 20.8 Å². The van der Waals surface area contributed by atoms with Gasteiger partial charge in [-0.3, -0.25) is 0 Å². The average Bonchev–Trinajstić information content (AvgIpc) is 2.79. The monoisotopic (exact) mass is 355 g/mol. The number of oxazole rings is 1. The van der Waals surface area contributed by atoms with Gasteiger partial charge in [-0.1, -0.05) is 39.3 Å². The summed E-state index contributed by atoms with van der Waals surface area (Å²) in [5.74, 6) is 0.922. The molecule has 0 radical (unpaired) electrons. The highest BCUT2D eigenvalue weighted by atomic mass is 35.5. The summed E-state index contributed by atoms with van der Waals surface area (Å²) in [4.78, 5) is 4.54. The van der Waals surface area contributed by atoms with Gasteiger partial charge in [-0.15, -0.1) is 0 Å². The molecule has 0 spiro atoms. The van der Waals surface area contributed by atoms with Crippen molar-refractivity contribution >= 4 is 32.5 Å². The van der Waals surface area contributed by atoms with Gasteiger partial charge in [0, 0.05) is 5.41 Å². The van der Waals surface area contributed by atoms with E-state index in [0.717, 1.165) is 0 Å². The number of aromatic nitrogens is 1. The molecule has 1 heterocycles. The smallest absolute Gasteiger partial charge is 0.200 e. The lowest BCUT2D eigenvalue weighted by Crippen LogP contribution is -2.46. The first-order valence-corrected chi connectivity index (χ1v) is 9.66. The third-order valence-electron chi connectivity index (χ3n) is 4.58. The summed E-state index contributed by atoms with van der Waals surface area (Å²) >= 11 is 6.27. The molecule has 0 amide bonds. The van der Waals surface area contributed by atoms with E-state index in [1.54, 1.807) is 19.1 Å². The maximum atomic E-state index is 13.2. The Morgan fingerprint density at radius 2 is 1.91 bits per heavy atom. The quantitative estimate of drug-likeness (QED) is 0.780. The summed E-state index contributed by atoms with van der Waals surface area (Å²) in [5.41, 5.74) is 0.513. The van der Waals surface area contributed by atoms with Crippen LogP contribution in [0, 0.1) is 5.92 Å². The summed E-state index contributed by atoms with van der Waals surface area (Å²) in [7, 11) is -3.59. The third-order valence-corrected chi connectivity index (χ3v) is 7.58. The highest BCUT2D eigenvalue weighted by Gasteiger charge is 2.50. The number of sulfone groups is 1. The van der Waals surface area contributed by atoms with Crippen LogP contribution in [0.25, 0.3) is 11.1 Å². The minimum atomic E-state index is -3.59. The molecule has 1 aliphatic rings. The molecule has 126 valence electrons. The second kappa shape index (κ2) is 4.96. The van der Waals surface area contributed by atoms with E-state index in [9.17, 15) is 8.42 Å². The molecule has 4 nitrogen and oxygen atoms in total. The van der Waals surface area contributed by atoms with E-state index < -0.39 is 14.6 Å². The van der Waals surface area contributed by atoms with Gasteiger partial charge in [0.15, 0.2) is 15.4 Å². The first kappa shape index (κ1) is 16.8. The Labute approximate surface area is 142 Å². The summed E-state index contributed by atoms with van der Waals surface area (Å²) in [6, 6.07) is 3.30. The lowest BCUT2D eigenvalue weighted by Gasteiger charge is -2.42. The third kappa shape index (κ3) is 2.49. The number of fused-ring (bicyclic) bond motifs is 1. The SMILES string of the molecule is CC1CC(C)(S(=O)(=O)c2c(Cl)ccc3nc(C(C)(C)C)oc23)C1. The normalized spacial score (nSPS) is 25.6. The van der Waals surface area contributed by atoms with Crippen molar-refractivity contribution in [2.24, 2.45) is 5.92 Å². The second-order valence-electron chi connectivity index (χ2n) is 7.96. The van der Waals surface area contributed by atoms with Crippen molar-refractivity contribution in [3.8, 4) is 0 Å². The van der Waals surface area contributed by atoms with Crippen LogP contribution in [0.2, 0.25) is 5.02 Å². The van der Waals surface area contributed by atoms with Gasteiger partial charge < -0.3 is 4.42 Å². The maximum absolute atomic E-state index is 13.2. The Balaban J connectivity index is 2.25. The summed E-state index contributed by atoms with van der Waals surface area (Å²) < 4.78 is 31.5. The lowest BCUT2D eigenvalue weighted by molar-refractivity contribution is 0.254. The molecule has 0 atom stereocenters. The van der Waals surface area contributed by atoms with Crippen LogP contribution in [0.5, 0.6) is 0 Å². The molecule has 1 aliphatic carbocycles. The van der Waals surface area contributed by atoms with Crippen LogP contribution >= 0.6 is 11.6 Å². The largest absolute Gasteiger partial charge is 0.439 e. The fourth-order valence-electron chi connectivity index (χ4n) is 3.40. The van der Waals surface area contributed by atoms with E-state index in [0.29, 0.717) is 30.2 Å². The maximum Gasteiger partial charge on any atom is 0.200 e. The minimum absolute atomic E-state index is 0.0917. The number of benzene rings is 1. The summed E-state index contributed by atoms with van der Waals surface area (Å²) in [5, 5.41) is 0.204. The molecular weight excluding hydrogens is 334 g/mol. The molecule has 0 N–H and O–H groups in total. The van der Waals surface area contributed by atoms with E-state index in [-0.39, 0.29) is 20.9 Å². The predicted octanol–water partition coefficient (Wildman–Crippen LogP) is 4.74. The molecule has 3 rings (SSSR count). The Kier molecular flexibility index (Phi) is 3.62. The molecular formula is C17H22ClNO3S. The lowest BCUT2D eigenvalue weighted by atomic mass is 9.76. The van der Waals surface area contributed by atoms with Gasteiger partial charge in [-0.05, 0) is 37.8 Å². The highest BCUT2D eigenvalue weighted by molar-refractivity contribution is 7.93. The topological polar surface area (TPSA) is 60.2 Å². The number of halogens is 1. The number of rotatable bonds is 2. The van der Waals surface area contributed by atoms with Crippen molar-refractivity contribution < 1.29 is 12.8 Å². The van der Waals surface area contributed by atoms with Crippen LogP contribution in [-0.2, 0) is 15.3 Å². The molecule has 1 aromatic carbocycles. The van der Waals surface area contributed by atoms with Crippen LogP contribution in [0.1, 0.15) is 53.4 Å². The van der Waals surface area contributed by atoms with Crippen molar-refractivity contribution in [1.82, 2.24) is 4.98 Å². The van der Waals surface area contributed by atoms with Crippen LogP contribution in [0.15, 0.2) is 21.4 Å². The van der Waals surface area contributed by atoms with Crippen molar-refractivity contribution in [2.45, 2.75) is 62.5 Å². The molecule has 0 saturated heterocycles. The number of nitrogens with zero attached hydrogens (tertiary/aromatic N) is 1. The molecule has 1 fully saturated rings. The Morgan fingerprint density at radius 1 is 1.30 bits per heavy atom. The average molecular weight is 356 g/mol. The van der Waals surface area contributed by atoms with Gasteiger partial charge in [0.05, 0.1) is 9.77 Å². The fraction of sp³-hybridized carbons (Fsp3) is 0.588. The summed E-state index contributed by atoms with van der Waals surface area (Å²) in [6.07, 6.45) is 1.28. The molecule has 0 unspecified atom stereocenters. The van der Waals surface area contributed by atoms with E-state index in [2.05, 4.69) is 11.9 Å². The van der Waals surface area contributed by atoms with Gasteiger partial charge in [0.2, 0.25) is 5.89 Å². The zero-order chi connectivity index (χ0) is 17.2. The van der Waals surface area contributed by atoms with Crippen LogP contribution in [0.3, 0.4) is 0 Å². The van der Waals surface area contributed by atoms with Crippen LogP contribution < -0.4 is 0 Å². The predicted molar refractivity (Wildman–Crippen MR) is 91.7 cm³/mol. The van der Waals surface area contributed by atoms with Gasteiger partial charge in [-0.25, -0.2) is 13.4 Å². The standard InChI is InChI=1S/C17H22ClNO3S/c1-10-8-17(5,9-10)23(20,21)14-11(18)6-7-12-13(14)22-15(19-12)16(2,3)4/h6-7,10H,8-9H2,1-5H3. The summed E-state index contributed by atoms with van der Waals surface area (Å²) in [6.45, 7) is 9.78. The van der Waals surface area contributed by atoms with Crippen LogP contribution in [-0.4, -0.2) is 18.1 Å². The van der Waals surface area contributed by atoms with Crippen molar-refractivity contribution in [3.63, 3.8) is 0 Å². The zero-order valence-electron chi connectivity index (χ0n) is 14.1. The van der Waals surface area contributed by atoms with Crippen molar-refractivity contribution in [1.29, 1.82) is 0 Å². The number of hydrogen-bond donors (Lipinski definition) is 0. The second-order valence-corrected chi connectivity index (χ2v) is 10.8. The molecule has 6 heteroatoms. The Morgan fingerprint density at radius 3 is 2.43 bits per heavy atom. The van der Waals surface area contributed by atoms with Gasteiger partial charge in [-0.2, -0.15) is 0 Å². The molecule has 0 bridgehead atoms. The minimum Gasteiger partial charge on any atom is -0.439 e. The first-order valence-electron chi connectivity index (χ1n) is 7.80.